The molecule has 0 radical (unpaired) electrons. The van der Waals surface area contributed by atoms with Crippen molar-refractivity contribution < 1.29 is 0 Å². The SMILES string of the molecule is Nc1cccc(-c2cnc(Nc3ccccc3)c3c(=O)[nH]ccc23)c1. The Kier molecular flexibility index (Phi) is 3.67. The van der Waals surface area contributed by atoms with Crippen molar-refractivity contribution in [2.24, 2.45) is 0 Å². The fraction of sp³-hybridized carbons (Fsp3) is 0. The number of H-pyrrole nitrogens is 1. The largest absolute Gasteiger partial charge is 0.399 e. The van der Waals surface area contributed by atoms with Gasteiger partial charge in [0.25, 0.3) is 5.56 Å². The van der Waals surface area contributed by atoms with Gasteiger partial charge in [0, 0.05) is 34.7 Å². The molecular formula is C20H16N4O. The predicted molar refractivity (Wildman–Crippen MR) is 102 cm³/mol. The van der Waals surface area contributed by atoms with Gasteiger partial charge in [-0.15, -0.1) is 0 Å². The quantitative estimate of drug-likeness (QED) is 0.498. The van der Waals surface area contributed by atoms with Gasteiger partial charge >= 0.3 is 0 Å². The highest BCUT2D eigenvalue weighted by atomic mass is 16.1. The van der Waals surface area contributed by atoms with Crippen LogP contribution in [0.2, 0.25) is 0 Å². The first kappa shape index (κ1) is 15.0. The molecule has 0 unspecified atom stereocenters. The second-order valence-electron chi connectivity index (χ2n) is 5.73. The van der Waals surface area contributed by atoms with E-state index < -0.39 is 0 Å². The first-order valence-corrected chi connectivity index (χ1v) is 7.91. The highest BCUT2D eigenvalue weighted by Crippen LogP contribution is 2.31. The number of pyridine rings is 2. The van der Waals surface area contributed by atoms with Gasteiger partial charge in [0.15, 0.2) is 0 Å². The van der Waals surface area contributed by atoms with E-state index in [4.69, 9.17) is 5.73 Å². The number of nitrogens with two attached hydrogens (primary N) is 1. The van der Waals surface area contributed by atoms with Gasteiger partial charge in [-0.3, -0.25) is 4.79 Å². The Morgan fingerprint density at radius 2 is 1.84 bits per heavy atom. The van der Waals surface area contributed by atoms with E-state index in [0.717, 1.165) is 22.2 Å². The van der Waals surface area contributed by atoms with Crippen molar-refractivity contribution in [3.8, 4) is 11.1 Å². The molecule has 2 aromatic heterocycles. The third-order valence-electron chi connectivity index (χ3n) is 4.04. The molecule has 25 heavy (non-hydrogen) atoms. The fourth-order valence-corrected chi connectivity index (χ4v) is 2.89. The van der Waals surface area contributed by atoms with Crippen LogP contribution in [0.4, 0.5) is 17.2 Å². The van der Waals surface area contributed by atoms with E-state index in [0.29, 0.717) is 16.9 Å². The van der Waals surface area contributed by atoms with Gasteiger partial charge in [0.2, 0.25) is 0 Å². The summed E-state index contributed by atoms with van der Waals surface area (Å²) in [4.78, 5) is 19.7. The monoisotopic (exact) mass is 328 g/mol. The molecule has 0 aliphatic heterocycles. The van der Waals surface area contributed by atoms with Crippen LogP contribution in [0.5, 0.6) is 0 Å². The maximum atomic E-state index is 12.5. The van der Waals surface area contributed by atoms with Crippen molar-refractivity contribution in [3.63, 3.8) is 0 Å². The lowest BCUT2D eigenvalue weighted by atomic mass is 10.0. The van der Waals surface area contributed by atoms with Crippen molar-refractivity contribution in [2.45, 2.75) is 0 Å². The van der Waals surface area contributed by atoms with E-state index in [1.54, 1.807) is 12.4 Å². The normalized spacial score (nSPS) is 10.7. The number of nitrogens with one attached hydrogen (secondary N) is 2. The molecule has 122 valence electrons. The molecule has 4 N–H and O–H groups in total. The molecule has 0 fully saturated rings. The van der Waals surface area contributed by atoms with E-state index in [1.165, 1.54) is 0 Å². The number of nitrogens with zero attached hydrogens (tertiary/aromatic N) is 1. The Morgan fingerprint density at radius 1 is 1.00 bits per heavy atom. The Morgan fingerprint density at radius 3 is 2.64 bits per heavy atom. The van der Waals surface area contributed by atoms with Gasteiger partial charge in [0.05, 0.1) is 5.39 Å². The molecule has 0 aliphatic carbocycles. The van der Waals surface area contributed by atoms with Crippen molar-refractivity contribution in [2.75, 3.05) is 11.1 Å². The number of nitrogen functional groups attached to an aromatic ring is 1. The van der Waals surface area contributed by atoms with Crippen LogP contribution in [-0.2, 0) is 0 Å². The topological polar surface area (TPSA) is 83.8 Å². The molecule has 0 amide bonds. The van der Waals surface area contributed by atoms with Gasteiger partial charge in [-0.25, -0.2) is 4.98 Å². The van der Waals surface area contributed by atoms with Gasteiger partial charge in [-0.1, -0.05) is 30.3 Å². The molecular weight excluding hydrogens is 312 g/mol. The second kappa shape index (κ2) is 6.13. The first-order valence-electron chi connectivity index (χ1n) is 7.91. The van der Waals surface area contributed by atoms with Crippen molar-refractivity contribution >= 4 is 28.0 Å². The summed E-state index contributed by atoms with van der Waals surface area (Å²) >= 11 is 0. The highest BCUT2D eigenvalue weighted by molar-refractivity contribution is 6.02. The molecule has 2 heterocycles. The minimum absolute atomic E-state index is 0.186. The number of hydrogen-bond acceptors (Lipinski definition) is 4. The molecule has 0 atom stereocenters. The summed E-state index contributed by atoms with van der Waals surface area (Å²) in [6.07, 6.45) is 3.41. The Hall–Kier alpha value is -3.60. The number of aromatic nitrogens is 2. The summed E-state index contributed by atoms with van der Waals surface area (Å²) in [6.45, 7) is 0. The molecule has 4 aromatic rings. The van der Waals surface area contributed by atoms with Crippen LogP contribution in [0.3, 0.4) is 0 Å². The molecule has 0 aliphatic rings. The fourth-order valence-electron chi connectivity index (χ4n) is 2.89. The number of rotatable bonds is 3. The standard InChI is InChI=1S/C20H16N4O/c21-14-6-4-5-13(11-14)17-12-23-19(24-15-7-2-1-3-8-15)18-16(17)9-10-22-20(18)25/h1-12H,21H2,(H,22,25)(H,23,24). The second-order valence-corrected chi connectivity index (χ2v) is 5.73. The van der Waals surface area contributed by atoms with Crippen molar-refractivity contribution in [1.82, 2.24) is 9.97 Å². The minimum atomic E-state index is -0.186. The van der Waals surface area contributed by atoms with Gasteiger partial charge in [-0.05, 0) is 35.9 Å². The van der Waals surface area contributed by atoms with Gasteiger partial charge < -0.3 is 16.0 Å². The third kappa shape index (κ3) is 2.83. The predicted octanol–water partition coefficient (Wildman–Crippen LogP) is 3.92. The third-order valence-corrected chi connectivity index (χ3v) is 4.04. The lowest BCUT2D eigenvalue weighted by Gasteiger charge is -2.12. The van der Waals surface area contributed by atoms with Crippen LogP contribution >= 0.6 is 0 Å². The zero-order chi connectivity index (χ0) is 17.2. The van der Waals surface area contributed by atoms with E-state index in [1.807, 2.05) is 60.7 Å². The maximum Gasteiger partial charge on any atom is 0.259 e. The summed E-state index contributed by atoms with van der Waals surface area (Å²) in [7, 11) is 0. The van der Waals surface area contributed by atoms with E-state index in [9.17, 15) is 4.79 Å². The van der Waals surface area contributed by atoms with Crippen molar-refractivity contribution in [3.05, 3.63) is 83.4 Å². The number of benzene rings is 2. The zero-order valence-electron chi connectivity index (χ0n) is 13.4. The van der Waals surface area contributed by atoms with Crippen LogP contribution in [0, 0.1) is 0 Å². The van der Waals surface area contributed by atoms with Gasteiger partial charge in [0.1, 0.15) is 5.82 Å². The summed E-state index contributed by atoms with van der Waals surface area (Å²) in [5, 5.41) is 4.56. The summed E-state index contributed by atoms with van der Waals surface area (Å²) in [5.41, 5.74) is 9.05. The number of aromatic amines is 1. The zero-order valence-corrected chi connectivity index (χ0v) is 13.4. The lowest BCUT2D eigenvalue weighted by Crippen LogP contribution is -2.09. The van der Waals surface area contributed by atoms with Crippen LogP contribution < -0.4 is 16.6 Å². The average Bonchev–Trinajstić information content (AvgIpc) is 2.63. The maximum absolute atomic E-state index is 12.5. The van der Waals surface area contributed by atoms with Crippen molar-refractivity contribution in [1.29, 1.82) is 0 Å². The smallest absolute Gasteiger partial charge is 0.259 e. The molecule has 4 rings (SSSR count). The highest BCUT2D eigenvalue weighted by Gasteiger charge is 2.12. The molecule has 0 spiro atoms. The molecule has 0 saturated carbocycles. The summed E-state index contributed by atoms with van der Waals surface area (Å²) in [6, 6.07) is 19.1. The number of anilines is 3. The van der Waals surface area contributed by atoms with Crippen LogP contribution in [0.15, 0.2) is 77.9 Å². The number of para-hydroxylation sites is 1. The lowest BCUT2D eigenvalue weighted by molar-refractivity contribution is 1.25. The average molecular weight is 328 g/mol. The number of fused-ring (bicyclic) bond motifs is 1. The minimum Gasteiger partial charge on any atom is -0.399 e. The Balaban J connectivity index is 1.93. The van der Waals surface area contributed by atoms with Crippen LogP contribution in [0.1, 0.15) is 0 Å². The number of hydrogen-bond donors (Lipinski definition) is 3. The first-order chi connectivity index (χ1) is 12.2. The van der Waals surface area contributed by atoms with Gasteiger partial charge in [-0.2, -0.15) is 0 Å². The molecule has 5 heteroatoms. The molecule has 0 saturated heterocycles. The molecule has 2 aromatic carbocycles. The summed E-state index contributed by atoms with van der Waals surface area (Å²) < 4.78 is 0. The Bertz CT molecular complexity index is 1100. The Labute approximate surface area is 144 Å². The van der Waals surface area contributed by atoms with Crippen LogP contribution in [-0.4, -0.2) is 9.97 Å². The van der Waals surface area contributed by atoms with Crippen LogP contribution in [0.25, 0.3) is 21.9 Å². The van der Waals surface area contributed by atoms with E-state index in [-0.39, 0.29) is 5.56 Å². The molecule has 0 bridgehead atoms. The molecule has 5 nitrogen and oxygen atoms in total. The summed E-state index contributed by atoms with van der Waals surface area (Å²) in [5.74, 6) is 0.524. The van der Waals surface area contributed by atoms with E-state index >= 15 is 0 Å². The van der Waals surface area contributed by atoms with E-state index in [2.05, 4.69) is 15.3 Å².